The first-order valence-corrected chi connectivity index (χ1v) is 11.6. The third-order valence-corrected chi connectivity index (χ3v) is 6.21. The molecule has 0 aliphatic carbocycles. The Labute approximate surface area is 204 Å². The van der Waals surface area contributed by atoms with Gasteiger partial charge in [0, 0.05) is 54.6 Å². The highest BCUT2D eigenvalue weighted by Gasteiger charge is 2.24. The van der Waals surface area contributed by atoms with Crippen LogP contribution < -0.4 is 15.0 Å². The van der Waals surface area contributed by atoms with Crippen LogP contribution in [0.5, 0.6) is 5.75 Å². The van der Waals surface area contributed by atoms with Gasteiger partial charge in [-0.05, 0) is 48.5 Å². The van der Waals surface area contributed by atoms with E-state index in [1.807, 2.05) is 71.6 Å². The van der Waals surface area contributed by atoms with Gasteiger partial charge in [-0.15, -0.1) is 0 Å². The number of piperazine rings is 1. The van der Waals surface area contributed by atoms with Gasteiger partial charge in [-0.25, -0.2) is 4.98 Å². The summed E-state index contributed by atoms with van der Waals surface area (Å²) in [4.78, 5) is 34.2. The van der Waals surface area contributed by atoms with Crippen molar-refractivity contribution in [1.29, 1.82) is 0 Å². The molecule has 5 rings (SSSR count). The SMILES string of the molecule is COc1cc(C(=O)N2CCN(c3ccc(NC(=O)c4ccccc4)cc3)CC2)nc2ccccc12. The van der Waals surface area contributed by atoms with Gasteiger partial charge >= 0.3 is 0 Å². The van der Waals surface area contributed by atoms with Crippen LogP contribution >= 0.6 is 0 Å². The fourth-order valence-corrected chi connectivity index (χ4v) is 4.30. The number of hydrogen-bond donors (Lipinski definition) is 1. The molecule has 3 aromatic carbocycles. The number of pyridine rings is 1. The standard InChI is InChI=1S/C28H26N4O3/c1-35-26-19-25(30-24-10-6-5-9-23(24)26)28(34)32-17-15-31(16-18-32)22-13-11-21(12-14-22)29-27(33)20-7-3-2-4-8-20/h2-14,19H,15-18H2,1H3,(H,29,33). The second-order valence-corrected chi connectivity index (χ2v) is 8.37. The molecule has 0 bridgehead atoms. The number of benzene rings is 3. The molecule has 7 heteroatoms. The number of methoxy groups -OCH3 is 1. The lowest BCUT2D eigenvalue weighted by molar-refractivity contribution is 0.0740. The van der Waals surface area contributed by atoms with Gasteiger partial charge in [0.15, 0.2) is 0 Å². The van der Waals surface area contributed by atoms with Crippen LogP contribution in [0, 0.1) is 0 Å². The highest BCUT2D eigenvalue weighted by Crippen LogP contribution is 2.26. The van der Waals surface area contributed by atoms with Crippen molar-refractivity contribution in [1.82, 2.24) is 9.88 Å². The number of fused-ring (bicyclic) bond motifs is 1. The number of para-hydroxylation sites is 1. The van der Waals surface area contributed by atoms with Gasteiger partial charge in [0.2, 0.25) is 0 Å². The van der Waals surface area contributed by atoms with Gasteiger partial charge in [-0.1, -0.05) is 30.3 Å². The predicted molar refractivity (Wildman–Crippen MR) is 137 cm³/mol. The highest BCUT2D eigenvalue weighted by molar-refractivity contribution is 6.04. The summed E-state index contributed by atoms with van der Waals surface area (Å²) in [6.07, 6.45) is 0. The van der Waals surface area contributed by atoms with Crippen molar-refractivity contribution in [2.45, 2.75) is 0 Å². The number of hydrogen-bond acceptors (Lipinski definition) is 5. The molecule has 2 heterocycles. The Morgan fingerprint density at radius 2 is 1.54 bits per heavy atom. The van der Waals surface area contributed by atoms with Crippen molar-refractivity contribution in [2.24, 2.45) is 0 Å². The molecule has 1 aliphatic heterocycles. The van der Waals surface area contributed by atoms with Crippen molar-refractivity contribution in [3.8, 4) is 5.75 Å². The molecule has 1 fully saturated rings. The maximum Gasteiger partial charge on any atom is 0.272 e. The number of carbonyl (C=O) groups is 2. The van der Waals surface area contributed by atoms with Crippen LogP contribution in [0.3, 0.4) is 0 Å². The topological polar surface area (TPSA) is 74.8 Å². The Kier molecular flexibility index (Phi) is 6.30. The van der Waals surface area contributed by atoms with E-state index in [2.05, 4.69) is 15.2 Å². The monoisotopic (exact) mass is 466 g/mol. The van der Waals surface area contributed by atoms with E-state index in [-0.39, 0.29) is 11.8 Å². The highest BCUT2D eigenvalue weighted by atomic mass is 16.5. The summed E-state index contributed by atoms with van der Waals surface area (Å²) in [6.45, 7) is 2.63. The second-order valence-electron chi connectivity index (χ2n) is 8.37. The fraction of sp³-hybridized carbons (Fsp3) is 0.179. The molecule has 7 nitrogen and oxygen atoms in total. The summed E-state index contributed by atoms with van der Waals surface area (Å²) < 4.78 is 5.49. The molecule has 1 saturated heterocycles. The Bertz CT molecular complexity index is 1350. The first-order chi connectivity index (χ1) is 17.1. The normalized spacial score (nSPS) is 13.5. The summed E-state index contributed by atoms with van der Waals surface area (Å²) in [5.74, 6) is 0.425. The number of aromatic nitrogens is 1. The van der Waals surface area contributed by atoms with Gasteiger partial charge in [0.05, 0.1) is 12.6 Å². The van der Waals surface area contributed by atoms with Crippen LogP contribution in [0.1, 0.15) is 20.8 Å². The Balaban J connectivity index is 1.21. The number of nitrogens with one attached hydrogen (secondary N) is 1. The van der Waals surface area contributed by atoms with Crippen LogP contribution in [-0.2, 0) is 0 Å². The molecule has 0 radical (unpaired) electrons. The van der Waals surface area contributed by atoms with Crippen LogP contribution in [-0.4, -0.2) is 55.0 Å². The van der Waals surface area contributed by atoms with Gasteiger partial charge in [0.1, 0.15) is 11.4 Å². The summed E-state index contributed by atoms with van der Waals surface area (Å²) in [5, 5.41) is 3.81. The van der Waals surface area contributed by atoms with Gasteiger partial charge in [0.25, 0.3) is 11.8 Å². The van der Waals surface area contributed by atoms with Crippen LogP contribution in [0.4, 0.5) is 11.4 Å². The zero-order chi connectivity index (χ0) is 24.2. The molecule has 0 atom stereocenters. The summed E-state index contributed by atoms with van der Waals surface area (Å²) in [5.41, 5.74) is 3.56. The molecule has 2 amide bonds. The van der Waals surface area contributed by atoms with Crippen LogP contribution in [0.25, 0.3) is 10.9 Å². The lowest BCUT2D eigenvalue weighted by Crippen LogP contribution is -2.49. The van der Waals surface area contributed by atoms with E-state index in [1.54, 1.807) is 25.3 Å². The van der Waals surface area contributed by atoms with Gasteiger partial charge < -0.3 is 19.9 Å². The van der Waals surface area contributed by atoms with Crippen LogP contribution in [0.2, 0.25) is 0 Å². The lowest BCUT2D eigenvalue weighted by atomic mass is 10.1. The zero-order valence-corrected chi connectivity index (χ0v) is 19.5. The number of nitrogens with zero attached hydrogens (tertiary/aromatic N) is 3. The lowest BCUT2D eigenvalue weighted by Gasteiger charge is -2.36. The third kappa shape index (κ3) is 4.80. The maximum atomic E-state index is 13.2. The summed E-state index contributed by atoms with van der Waals surface area (Å²) in [6, 6.07) is 26.3. The number of anilines is 2. The first kappa shape index (κ1) is 22.4. The van der Waals surface area contributed by atoms with E-state index in [0.29, 0.717) is 43.2 Å². The van der Waals surface area contributed by atoms with Crippen molar-refractivity contribution in [2.75, 3.05) is 43.5 Å². The third-order valence-electron chi connectivity index (χ3n) is 6.21. The zero-order valence-electron chi connectivity index (χ0n) is 19.5. The van der Waals surface area contributed by atoms with E-state index < -0.39 is 0 Å². The molecule has 1 N–H and O–H groups in total. The molecule has 0 unspecified atom stereocenters. The van der Waals surface area contributed by atoms with Gasteiger partial charge in [-0.2, -0.15) is 0 Å². The summed E-state index contributed by atoms with van der Waals surface area (Å²) >= 11 is 0. The molecule has 1 aliphatic rings. The molecule has 35 heavy (non-hydrogen) atoms. The molecule has 1 aromatic heterocycles. The number of carbonyl (C=O) groups excluding carboxylic acids is 2. The Hall–Kier alpha value is -4.39. The molecule has 4 aromatic rings. The first-order valence-electron chi connectivity index (χ1n) is 11.6. The molecule has 0 saturated carbocycles. The van der Waals surface area contributed by atoms with Crippen molar-refractivity contribution in [3.63, 3.8) is 0 Å². The molecular formula is C28H26N4O3. The minimum atomic E-state index is -0.135. The van der Waals surface area contributed by atoms with E-state index in [0.717, 1.165) is 22.3 Å². The molecule has 0 spiro atoms. The molecule has 176 valence electrons. The molecular weight excluding hydrogens is 440 g/mol. The number of rotatable bonds is 5. The number of ether oxygens (including phenoxy) is 1. The minimum absolute atomic E-state index is 0.0901. The quantitative estimate of drug-likeness (QED) is 0.470. The fourth-order valence-electron chi connectivity index (χ4n) is 4.30. The Morgan fingerprint density at radius 1 is 0.857 bits per heavy atom. The second kappa shape index (κ2) is 9.85. The van der Waals surface area contributed by atoms with Gasteiger partial charge in [-0.3, -0.25) is 9.59 Å². The van der Waals surface area contributed by atoms with Crippen molar-refractivity contribution in [3.05, 3.63) is 96.2 Å². The average Bonchev–Trinajstić information content (AvgIpc) is 2.93. The number of amides is 2. The van der Waals surface area contributed by atoms with Crippen molar-refractivity contribution < 1.29 is 14.3 Å². The van der Waals surface area contributed by atoms with Crippen molar-refractivity contribution >= 4 is 34.1 Å². The minimum Gasteiger partial charge on any atom is -0.496 e. The van der Waals surface area contributed by atoms with E-state index in [1.165, 1.54) is 0 Å². The largest absolute Gasteiger partial charge is 0.496 e. The van der Waals surface area contributed by atoms with E-state index in [9.17, 15) is 9.59 Å². The van der Waals surface area contributed by atoms with E-state index >= 15 is 0 Å². The maximum absolute atomic E-state index is 13.2. The smallest absolute Gasteiger partial charge is 0.272 e. The van der Waals surface area contributed by atoms with E-state index in [4.69, 9.17) is 4.74 Å². The Morgan fingerprint density at radius 3 is 2.26 bits per heavy atom. The summed E-state index contributed by atoms with van der Waals surface area (Å²) in [7, 11) is 1.60. The predicted octanol–water partition coefficient (Wildman–Crippen LogP) is 4.46. The average molecular weight is 467 g/mol. The van der Waals surface area contributed by atoms with Crippen LogP contribution in [0.15, 0.2) is 84.9 Å².